The molecular weight excluding hydrogens is 246 g/mol. The number of nitrogens with zero attached hydrogens (tertiary/aromatic N) is 1. The van der Waals surface area contributed by atoms with E-state index in [4.69, 9.17) is 4.42 Å². The smallest absolute Gasteiger partial charge is 0.256 e. The molecule has 1 aromatic heterocycles. The van der Waals surface area contributed by atoms with Gasteiger partial charge in [-0.2, -0.15) is 0 Å². The molecule has 0 saturated heterocycles. The average molecular weight is 263 g/mol. The summed E-state index contributed by atoms with van der Waals surface area (Å²) < 4.78 is 5.49. The van der Waals surface area contributed by atoms with E-state index in [0.717, 1.165) is 17.0 Å². The standard InChI is InChI=1S/C14H17NO2S/c1-10-11(2)17-13(15-10)18-9-14(3,16)12-7-5-4-6-8-12/h4-8,16H,9H2,1-3H3. The normalized spacial score (nSPS) is 14.4. The van der Waals surface area contributed by atoms with Crippen LogP contribution in [0.2, 0.25) is 0 Å². The van der Waals surface area contributed by atoms with Crippen LogP contribution < -0.4 is 0 Å². The molecule has 0 amide bonds. The molecule has 0 aliphatic rings. The van der Waals surface area contributed by atoms with Gasteiger partial charge in [0.15, 0.2) is 0 Å². The van der Waals surface area contributed by atoms with Gasteiger partial charge in [-0.05, 0) is 26.3 Å². The zero-order valence-electron chi connectivity index (χ0n) is 10.8. The van der Waals surface area contributed by atoms with Crippen LogP contribution in [0, 0.1) is 13.8 Å². The minimum Gasteiger partial charge on any atom is -0.437 e. The molecule has 4 heteroatoms. The van der Waals surface area contributed by atoms with E-state index in [-0.39, 0.29) is 0 Å². The first kappa shape index (κ1) is 13.2. The van der Waals surface area contributed by atoms with Gasteiger partial charge in [-0.25, -0.2) is 4.98 Å². The summed E-state index contributed by atoms with van der Waals surface area (Å²) in [6.45, 7) is 5.61. The molecule has 2 aromatic rings. The van der Waals surface area contributed by atoms with Gasteiger partial charge in [0.05, 0.1) is 11.3 Å². The summed E-state index contributed by atoms with van der Waals surface area (Å²) in [6, 6.07) is 9.63. The second-order valence-electron chi connectivity index (χ2n) is 4.55. The number of hydrogen-bond donors (Lipinski definition) is 1. The summed E-state index contributed by atoms with van der Waals surface area (Å²) in [6.07, 6.45) is 0. The molecular formula is C14H17NO2S. The van der Waals surface area contributed by atoms with Crippen LogP contribution in [-0.2, 0) is 5.60 Å². The SMILES string of the molecule is Cc1nc(SCC(C)(O)c2ccccc2)oc1C. The molecule has 0 saturated carbocycles. The first-order valence-corrected chi connectivity index (χ1v) is 6.82. The fraction of sp³-hybridized carbons (Fsp3) is 0.357. The van der Waals surface area contributed by atoms with E-state index >= 15 is 0 Å². The number of benzene rings is 1. The van der Waals surface area contributed by atoms with Gasteiger partial charge < -0.3 is 9.52 Å². The minimum absolute atomic E-state index is 0.510. The highest BCUT2D eigenvalue weighted by Gasteiger charge is 2.24. The number of aliphatic hydroxyl groups is 1. The molecule has 1 N–H and O–H groups in total. The third-order valence-corrected chi connectivity index (χ3v) is 4.01. The Morgan fingerprint density at radius 3 is 2.50 bits per heavy atom. The molecule has 0 bridgehead atoms. The lowest BCUT2D eigenvalue weighted by molar-refractivity contribution is 0.0837. The predicted octanol–water partition coefficient (Wildman–Crippen LogP) is 3.29. The minimum atomic E-state index is -0.887. The maximum atomic E-state index is 10.4. The van der Waals surface area contributed by atoms with Crippen molar-refractivity contribution in [3.63, 3.8) is 0 Å². The van der Waals surface area contributed by atoms with Gasteiger partial charge in [-0.15, -0.1) is 0 Å². The highest BCUT2D eigenvalue weighted by molar-refractivity contribution is 7.99. The Labute approximate surface area is 111 Å². The molecule has 0 aliphatic carbocycles. The zero-order chi connectivity index (χ0) is 13.2. The third kappa shape index (κ3) is 2.94. The van der Waals surface area contributed by atoms with Crippen LogP contribution in [0.3, 0.4) is 0 Å². The van der Waals surface area contributed by atoms with Crippen molar-refractivity contribution in [2.75, 3.05) is 5.75 Å². The van der Waals surface area contributed by atoms with Crippen molar-refractivity contribution in [2.24, 2.45) is 0 Å². The Kier molecular flexibility index (Phi) is 3.78. The number of thioether (sulfide) groups is 1. The second-order valence-corrected chi connectivity index (χ2v) is 5.48. The van der Waals surface area contributed by atoms with E-state index in [1.807, 2.05) is 44.2 Å². The van der Waals surface area contributed by atoms with Crippen LogP contribution in [-0.4, -0.2) is 15.8 Å². The van der Waals surface area contributed by atoms with Gasteiger partial charge in [0.2, 0.25) is 0 Å². The summed E-state index contributed by atoms with van der Waals surface area (Å²) in [5, 5.41) is 11.0. The highest BCUT2D eigenvalue weighted by Crippen LogP contribution is 2.29. The van der Waals surface area contributed by atoms with Gasteiger partial charge in [-0.1, -0.05) is 42.1 Å². The number of oxazole rings is 1. The topological polar surface area (TPSA) is 46.3 Å². The first-order chi connectivity index (χ1) is 8.49. The van der Waals surface area contributed by atoms with Gasteiger partial charge in [-0.3, -0.25) is 0 Å². The lowest BCUT2D eigenvalue weighted by Crippen LogP contribution is -2.24. The lowest BCUT2D eigenvalue weighted by Gasteiger charge is -2.22. The van der Waals surface area contributed by atoms with E-state index in [1.165, 1.54) is 11.8 Å². The molecule has 96 valence electrons. The average Bonchev–Trinajstić information content (AvgIpc) is 2.68. The van der Waals surface area contributed by atoms with Crippen molar-refractivity contribution < 1.29 is 9.52 Å². The Balaban J connectivity index is 2.05. The van der Waals surface area contributed by atoms with Gasteiger partial charge in [0.25, 0.3) is 5.22 Å². The summed E-state index contributed by atoms with van der Waals surface area (Å²) in [7, 11) is 0. The fourth-order valence-corrected chi connectivity index (χ4v) is 2.54. The lowest BCUT2D eigenvalue weighted by atomic mass is 9.99. The Hall–Kier alpha value is -1.26. The number of aryl methyl sites for hydroxylation is 2. The summed E-state index contributed by atoms with van der Waals surface area (Å²) in [4.78, 5) is 4.29. The fourth-order valence-electron chi connectivity index (χ4n) is 1.59. The van der Waals surface area contributed by atoms with Gasteiger partial charge in [0, 0.05) is 5.75 Å². The van der Waals surface area contributed by atoms with E-state index in [1.54, 1.807) is 6.92 Å². The number of aromatic nitrogens is 1. The summed E-state index contributed by atoms with van der Waals surface area (Å²) in [5.41, 5.74) is 0.914. The molecule has 1 aromatic carbocycles. The van der Waals surface area contributed by atoms with E-state index in [0.29, 0.717) is 11.0 Å². The molecule has 1 heterocycles. The highest BCUT2D eigenvalue weighted by atomic mass is 32.2. The van der Waals surface area contributed by atoms with Crippen LogP contribution in [0.5, 0.6) is 0 Å². The van der Waals surface area contributed by atoms with Crippen molar-refractivity contribution >= 4 is 11.8 Å². The molecule has 0 fully saturated rings. The maximum Gasteiger partial charge on any atom is 0.256 e. The Bertz CT molecular complexity index is 500. The van der Waals surface area contributed by atoms with Crippen molar-refractivity contribution in [2.45, 2.75) is 31.6 Å². The Morgan fingerprint density at radius 2 is 1.94 bits per heavy atom. The summed E-state index contributed by atoms with van der Waals surface area (Å²) >= 11 is 1.43. The van der Waals surface area contributed by atoms with Crippen molar-refractivity contribution in [3.8, 4) is 0 Å². The molecule has 0 aliphatic heterocycles. The van der Waals surface area contributed by atoms with Crippen LogP contribution in [0.4, 0.5) is 0 Å². The van der Waals surface area contributed by atoms with Crippen LogP contribution in [0.25, 0.3) is 0 Å². The largest absolute Gasteiger partial charge is 0.437 e. The molecule has 0 radical (unpaired) electrons. The Morgan fingerprint density at radius 1 is 1.28 bits per heavy atom. The molecule has 1 unspecified atom stereocenters. The molecule has 3 nitrogen and oxygen atoms in total. The summed E-state index contributed by atoms with van der Waals surface area (Å²) in [5.74, 6) is 1.34. The van der Waals surface area contributed by atoms with E-state index in [2.05, 4.69) is 4.98 Å². The van der Waals surface area contributed by atoms with Crippen molar-refractivity contribution in [1.82, 2.24) is 4.98 Å². The van der Waals surface area contributed by atoms with Crippen LogP contribution in [0.1, 0.15) is 23.9 Å². The number of rotatable bonds is 4. The first-order valence-electron chi connectivity index (χ1n) is 5.84. The number of hydrogen-bond acceptors (Lipinski definition) is 4. The maximum absolute atomic E-state index is 10.4. The predicted molar refractivity (Wildman–Crippen MR) is 72.7 cm³/mol. The van der Waals surface area contributed by atoms with Crippen molar-refractivity contribution in [3.05, 3.63) is 47.3 Å². The molecule has 1 atom stereocenters. The van der Waals surface area contributed by atoms with Crippen LogP contribution >= 0.6 is 11.8 Å². The van der Waals surface area contributed by atoms with Crippen LogP contribution in [0.15, 0.2) is 40.0 Å². The third-order valence-electron chi connectivity index (χ3n) is 2.88. The molecule has 0 spiro atoms. The molecule has 18 heavy (non-hydrogen) atoms. The van der Waals surface area contributed by atoms with E-state index in [9.17, 15) is 5.11 Å². The van der Waals surface area contributed by atoms with E-state index < -0.39 is 5.60 Å². The second kappa shape index (κ2) is 5.16. The van der Waals surface area contributed by atoms with Gasteiger partial charge >= 0.3 is 0 Å². The quantitative estimate of drug-likeness (QED) is 0.860. The monoisotopic (exact) mass is 263 g/mol. The zero-order valence-corrected chi connectivity index (χ0v) is 11.6. The van der Waals surface area contributed by atoms with Crippen molar-refractivity contribution in [1.29, 1.82) is 0 Å². The van der Waals surface area contributed by atoms with Gasteiger partial charge in [0.1, 0.15) is 5.76 Å². The molecule has 2 rings (SSSR count).